The molecule has 7 heteroatoms. The standard InChI is InChI=1S/C24H23ClN4OS/c1-2-18-8-10-21-22(16-18)31-24(27-21)29(14-5-13-28-15-12-26-17-28)23(30)11-9-19-6-3-4-7-20(19)25/h3-4,6-12,15-17H,2,5,13-14H2,1H3/b11-9+. The lowest BCUT2D eigenvalue weighted by Crippen LogP contribution is -2.30. The molecule has 31 heavy (non-hydrogen) atoms. The zero-order chi connectivity index (χ0) is 21.6. The Bertz CT molecular complexity index is 1200. The van der Waals surface area contributed by atoms with Crippen LogP contribution >= 0.6 is 22.9 Å². The average Bonchev–Trinajstić information content (AvgIpc) is 3.45. The summed E-state index contributed by atoms with van der Waals surface area (Å²) in [5, 5.41) is 1.33. The number of fused-ring (bicyclic) bond motifs is 1. The van der Waals surface area contributed by atoms with Crippen molar-refractivity contribution in [1.82, 2.24) is 14.5 Å². The number of carbonyl (C=O) groups is 1. The van der Waals surface area contributed by atoms with Gasteiger partial charge in [-0.2, -0.15) is 0 Å². The van der Waals surface area contributed by atoms with E-state index in [4.69, 9.17) is 16.6 Å². The second-order valence-corrected chi connectivity index (χ2v) is 8.57. The van der Waals surface area contributed by atoms with Gasteiger partial charge in [-0.15, -0.1) is 0 Å². The van der Waals surface area contributed by atoms with E-state index in [0.29, 0.717) is 16.7 Å². The number of aryl methyl sites for hydroxylation is 2. The Labute approximate surface area is 190 Å². The maximum absolute atomic E-state index is 13.2. The van der Waals surface area contributed by atoms with Gasteiger partial charge in [0.2, 0.25) is 0 Å². The fourth-order valence-electron chi connectivity index (χ4n) is 3.28. The monoisotopic (exact) mass is 450 g/mol. The van der Waals surface area contributed by atoms with Gasteiger partial charge in [-0.25, -0.2) is 9.97 Å². The van der Waals surface area contributed by atoms with E-state index < -0.39 is 0 Å². The molecule has 0 aliphatic heterocycles. The highest BCUT2D eigenvalue weighted by Crippen LogP contribution is 2.30. The molecule has 2 aromatic carbocycles. The summed E-state index contributed by atoms with van der Waals surface area (Å²) in [6.07, 6.45) is 10.6. The van der Waals surface area contributed by atoms with Gasteiger partial charge in [-0.1, -0.05) is 54.1 Å². The molecule has 0 atom stereocenters. The normalized spacial score (nSPS) is 11.4. The van der Waals surface area contributed by atoms with Gasteiger partial charge in [0.1, 0.15) is 0 Å². The van der Waals surface area contributed by atoms with Crippen LogP contribution in [0.15, 0.2) is 67.3 Å². The van der Waals surface area contributed by atoms with E-state index in [9.17, 15) is 4.79 Å². The average molecular weight is 451 g/mol. The van der Waals surface area contributed by atoms with Crippen LogP contribution in [0.3, 0.4) is 0 Å². The zero-order valence-electron chi connectivity index (χ0n) is 17.2. The molecule has 4 aromatic rings. The Morgan fingerprint density at radius 1 is 1.26 bits per heavy atom. The second kappa shape index (κ2) is 9.90. The van der Waals surface area contributed by atoms with Crippen molar-refractivity contribution in [3.8, 4) is 0 Å². The summed E-state index contributed by atoms with van der Waals surface area (Å²) in [4.78, 5) is 23.7. The van der Waals surface area contributed by atoms with Gasteiger partial charge in [-0.3, -0.25) is 9.69 Å². The number of aromatic nitrogens is 3. The number of halogens is 1. The summed E-state index contributed by atoms with van der Waals surface area (Å²) in [5.41, 5.74) is 2.99. The lowest BCUT2D eigenvalue weighted by molar-refractivity contribution is -0.114. The summed E-state index contributed by atoms with van der Waals surface area (Å²) < 4.78 is 3.10. The molecule has 0 spiro atoms. The second-order valence-electron chi connectivity index (χ2n) is 7.15. The van der Waals surface area contributed by atoms with Crippen LogP contribution in [0.4, 0.5) is 5.13 Å². The molecular weight excluding hydrogens is 428 g/mol. The van der Waals surface area contributed by atoms with Crippen LogP contribution in [0.25, 0.3) is 16.3 Å². The SMILES string of the molecule is CCc1ccc2nc(N(CCCn3ccnc3)C(=O)/C=C/c3ccccc3Cl)sc2c1. The summed E-state index contributed by atoms with van der Waals surface area (Å²) in [6.45, 7) is 3.47. The topological polar surface area (TPSA) is 51.0 Å². The Kier molecular flexibility index (Phi) is 6.79. The quantitative estimate of drug-likeness (QED) is 0.316. The van der Waals surface area contributed by atoms with Gasteiger partial charge in [0.05, 0.1) is 16.5 Å². The Hall–Kier alpha value is -2.96. The molecule has 158 valence electrons. The van der Waals surface area contributed by atoms with Crippen LogP contribution in [0.1, 0.15) is 24.5 Å². The minimum absolute atomic E-state index is 0.111. The highest BCUT2D eigenvalue weighted by atomic mass is 35.5. The predicted octanol–water partition coefficient (Wildman–Crippen LogP) is 5.85. The van der Waals surface area contributed by atoms with Crippen molar-refractivity contribution in [3.05, 3.63) is 83.4 Å². The van der Waals surface area contributed by atoms with E-state index in [1.807, 2.05) is 41.1 Å². The minimum atomic E-state index is -0.111. The van der Waals surface area contributed by atoms with E-state index in [-0.39, 0.29) is 5.91 Å². The largest absolute Gasteiger partial charge is 0.337 e. The number of rotatable bonds is 8. The first kappa shape index (κ1) is 21.3. The van der Waals surface area contributed by atoms with Crippen molar-refractivity contribution in [2.75, 3.05) is 11.4 Å². The molecule has 0 saturated carbocycles. The summed E-state index contributed by atoms with van der Waals surface area (Å²) in [5.74, 6) is -0.111. The molecule has 0 unspecified atom stereocenters. The van der Waals surface area contributed by atoms with Gasteiger partial charge < -0.3 is 4.57 Å². The van der Waals surface area contributed by atoms with Gasteiger partial charge >= 0.3 is 0 Å². The third kappa shape index (κ3) is 5.21. The molecule has 2 aromatic heterocycles. The molecular formula is C24H23ClN4OS. The molecule has 0 fully saturated rings. The first-order valence-electron chi connectivity index (χ1n) is 10.2. The van der Waals surface area contributed by atoms with Crippen molar-refractivity contribution in [2.24, 2.45) is 0 Å². The van der Waals surface area contributed by atoms with Crippen molar-refractivity contribution in [2.45, 2.75) is 26.3 Å². The van der Waals surface area contributed by atoms with Crippen LogP contribution in [0.2, 0.25) is 5.02 Å². The molecule has 0 saturated heterocycles. The molecule has 0 N–H and O–H groups in total. The smallest absolute Gasteiger partial charge is 0.252 e. The van der Waals surface area contributed by atoms with E-state index in [1.165, 1.54) is 5.56 Å². The first-order chi connectivity index (χ1) is 15.1. The van der Waals surface area contributed by atoms with E-state index in [1.54, 1.807) is 40.9 Å². The molecule has 0 bridgehead atoms. The van der Waals surface area contributed by atoms with Crippen molar-refractivity contribution in [1.29, 1.82) is 0 Å². The molecule has 4 rings (SSSR count). The fraction of sp³-hybridized carbons (Fsp3) is 0.208. The lowest BCUT2D eigenvalue weighted by atomic mass is 10.2. The number of amides is 1. The number of hydrogen-bond acceptors (Lipinski definition) is 4. The molecule has 0 aliphatic carbocycles. The zero-order valence-corrected chi connectivity index (χ0v) is 18.8. The number of hydrogen-bond donors (Lipinski definition) is 0. The van der Waals surface area contributed by atoms with Gasteiger partial charge in [0.15, 0.2) is 5.13 Å². The number of thiazole rings is 1. The minimum Gasteiger partial charge on any atom is -0.337 e. The Morgan fingerprint density at radius 3 is 2.90 bits per heavy atom. The van der Waals surface area contributed by atoms with Gasteiger partial charge in [0, 0.05) is 36.6 Å². The van der Waals surface area contributed by atoms with Crippen LogP contribution < -0.4 is 4.90 Å². The highest BCUT2D eigenvalue weighted by molar-refractivity contribution is 7.22. The lowest BCUT2D eigenvalue weighted by Gasteiger charge is -2.18. The van der Waals surface area contributed by atoms with Gasteiger partial charge in [-0.05, 0) is 48.2 Å². The van der Waals surface area contributed by atoms with E-state index in [2.05, 4.69) is 24.0 Å². The molecule has 0 aliphatic rings. The third-order valence-corrected chi connectivity index (χ3v) is 6.40. The van der Waals surface area contributed by atoms with Crippen molar-refractivity contribution >= 4 is 50.3 Å². The van der Waals surface area contributed by atoms with E-state index in [0.717, 1.165) is 35.2 Å². The molecule has 0 radical (unpaired) electrons. The van der Waals surface area contributed by atoms with Crippen LogP contribution in [-0.4, -0.2) is 27.0 Å². The summed E-state index contributed by atoms with van der Waals surface area (Å²) >= 11 is 7.78. The summed E-state index contributed by atoms with van der Waals surface area (Å²) in [6, 6.07) is 13.8. The number of anilines is 1. The maximum Gasteiger partial charge on any atom is 0.252 e. The Morgan fingerprint density at radius 2 is 2.13 bits per heavy atom. The number of nitrogens with zero attached hydrogens (tertiary/aromatic N) is 4. The molecule has 2 heterocycles. The molecule has 5 nitrogen and oxygen atoms in total. The molecule has 1 amide bonds. The fourth-order valence-corrected chi connectivity index (χ4v) is 4.54. The Balaban J connectivity index is 1.58. The van der Waals surface area contributed by atoms with Crippen LogP contribution in [0.5, 0.6) is 0 Å². The number of benzene rings is 2. The third-order valence-electron chi connectivity index (χ3n) is 5.01. The first-order valence-corrected chi connectivity index (χ1v) is 11.4. The summed E-state index contributed by atoms with van der Waals surface area (Å²) in [7, 11) is 0. The van der Waals surface area contributed by atoms with E-state index >= 15 is 0 Å². The van der Waals surface area contributed by atoms with Crippen molar-refractivity contribution in [3.63, 3.8) is 0 Å². The predicted molar refractivity (Wildman–Crippen MR) is 129 cm³/mol. The van der Waals surface area contributed by atoms with Crippen molar-refractivity contribution < 1.29 is 4.79 Å². The maximum atomic E-state index is 13.2. The highest BCUT2D eigenvalue weighted by Gasteiger charge is 2.18. The van der Waals surface area contributed by atoms with Crippen LogP contribution in [0, 0.1) is 0 Å². The number of imidazole rings is 1. The van der Waals surface area contributed by atoms with Gasteiger partial charge in [0.25, 0.3) is 5.91 Å². The number of carbonyl (C=O) groups excluding carboxylic acids is 1. The van der Waals surface area contributed by atoms with Crippen LogP contribution in [-0.2, 0) is 17.8 Å².